The van der Waals surface area contributed by atoms with Crippen LogP contribution in [0.25, 0.3) is 0 Å². The van der Waals surface area contributed by atoms with Crippen molar-refractivity contribution in [2.24, 2.45) is 0 Å². The van der Waals surface area contributed by atoms with Gasteiger partial charge < -0.3 is 20.1 Å². The fraction of sp³-hybridized carbons (Fsp3) is 0.350. The summed E-state index contributed by atoms with van der Waals surface area (Å²) in [4.78, 5) is 23.1. The van der Waals surface area contributed by atoms with Gasteiger partial charge in [0.25, 0.3) is 0 Å². The third kappa shape index (κ3) is 4.26. The van der Waals surface area contributed by atoms with Crippen LogP contribution < -0.4 is 15.0 Å². The molecule has 8 heteroatoms. The number of anilines is 2. The molecule has 0 radical (unpaired) electrons. The van der Waals surface area contributed by atoms with Crippen LogP contribution in [-0.4, -0.2) is 47.2 Å². The second-order valence-electron chi connectivity index (χ2n) is 6.50. The molecule has 0 unspecified atom stereocenters. The maximum atomic E-state index is 12.2. The van der Waals surface area contributed by atoms with Gasteiger partial charge in [0.2, 0.25) is 5.95 Å². The Bertz CT molecular complexity index is 875. The molecule has 0 spiro atoms. The summed E-state index contributed by atoms with van der Waals surface area (Å²) < 4.78 is 5.17. The van der Waals surface area contributed by atoms with Gasteiger partial charge in [-0.05, 0) is 36.6 Å². The number of ketones is 1. The smallest absolute Gasteiger partial charge is 0.227 e. The van der Waals surface area contributed by atoms with Crippen LogP contribution in [0.4, 0.5) is 11.8 Å². The molecule has 148 valence electrons. The van der Waals surface area contributed by atoms with E-state index in [1.807, 2.05) is 11.0 Å². The van der Waals surface area contributed by atoms with E-state index in [4.69, 9.17) is 16.3 Å². The Labute approximate surface area is 169 Å². The van der Waals surface area contributed by atoms with Crippen LogP contribution in [0.15, 0.2) is 37.1 Å². The topological polar surface area (TPSA) is 87.6 Å². The van der Waals surface area contributed by atoms with Crippen molar-refractivity contribution in [2.45, 2.75) is 25.4 Å². The van der Waals surface area contributed by atoms with E-state index in [0.29, 0.717) is 34.6 Å². The Morgan fingerprint density at radius 3 is 3.04 bits per heavy atom. The number of hydrogen-bond acceptors (Lipinski definition) is 7. The van der Waals surface area contributed by atoms with Gasteiger partial charge in [-0.2, -0.15) is 4.98 Å². The number of benzene rings is 1. The van der Waals surface area contributed by atoms with Crippen molar-refractivity contribution in [3.63, 3.8) is 0 Å². The minimum absolute atomic E-state index is 0.00537. The molecule has 2 heterocycles. The fourth-order valence-electron chi connectivity index (χ4n) is 3.23. The normalized spacial score (nSPS) is 16.1. The molecule has 2 N–H and O–H groups in total. The number of aliphatic hydroxyl groups excluding tert-OH is 1. The maximum absolute atomic E-state index is 12.2. The van der Waals surface area contributed by atoms with E-state index in [2.05, 4.69) is 21.9 Å². The lowest BCUT2D eigenvalue weighted by atomic mass is 10.2. The minimum atomic E-state index is -0.262. The van der Waals surface area contributed by atoms with Crippen LogP contribution in [0, 0.1) is 0 Å². The molecule has 1 atom stereocenters. The summed E-state index contributed by atoms with van der Waals surface area (Å²) in [6, 6.07) is 5.47. The van der Waals surface area contributed by atoms with Gasteiger partial charge in [0.1, 0.15) is 11.6 Å². The monoisotopic (exact) mass is 402 g/mol. The Kier molecular flexibility index (Phi) is 6.49. The summed E-state index contributed by atoms with van der Waals surface area (Å²) in [5, 5.41) is 13.3. The lowest BCUT2D eigenvalue weighted by Crippen LogP contribution is -2.33. The molecule has 0 amide bonds. The van der Waals surface area contributed by atoms with E-state index >= 15 is 0 Å². The van der Waals surface area contributed by atoms with E-state index in [9.17, 15) is 9.90 Å². The first-order chi connectivity index (χ1) is 13.6. The van der Waals surface area contributed by atoms with Crippen molar-refractivity contribution in [2.75, 3.05) is 30.5 Å². The van der Waals surface area contributed by atoms with Gasteiger partial charge in [0.15, 0.2) is 5.78 Å². The number of methoxy groups -OCH3 is 1. The highest BCUT2D eigenvalue weighted by atomic mass is 35.5. The number of aliphatic hydroxyl groups is 1. The SMILES string of the molecule is C=CC(=O)c1cnc(N2CCC[C@H]2CO)nc1NCc1ccc(OC)c(Cl)c1. The molecular weight excluding hydrogens is 380 g/mol. The molecule has 0 saturated carbocycles. The molecule has 7 nitrogen and oxygen atoms in total. The van der Waals surface area contributed by atoms with Gasteiger partial charge in [0, 0.05) is 19.3 Å². The van der Waals surface area contributed by atoms with E-state index < -0.39 is 0 Å². The van der Waals surface area contributed by atoms with E-state index in [1.165, 1.54) is 12.3 Å². The van der Waals surface area contributed by atoms with Gasteiger partial charge in [-0.1, -0.05) is 24.2 Å². The first kappa shape index (κ1) is 20.1. The molecule has 1 aromatic carbocycles. The van der Waals surface area contributed by atoms with Crippen molar-refractivity contribution in [3.8, 4) is 5.75 Å². The van der Waals surface area contributed by atoms with Gasteiger partial charge in [-0.25, -0.2) is 4.98 Å². The highest BCUT2D eigenvalue weighted by molar-refractivity contribution is 6.32. The molecule has 0 aliphatic carbocycles. The van der Waals surface area contributed by atoms with Crippen molar-refractivity contribution >= 4 is 29.2 Å². The van der Waals surface area contributed by atoms with Crippen LogP contribution in [0.1, 0.15) is 28.8 Å². The van der Waals surface area contributed by atoms with E-state index in [-0.39, 0.29) is 18.4 Å². The zero-order valence-corrected chi connectivity index (χ0v) is 16.4. The summed E-state index contributed by atoms with van der Waals surface area (Å²) >= 11 is 6.18. The number of aromatic nitrogens is 2. The number of rotatable bonds is 8. The third-order valence-electron chi connectivity index (χ3n) is 4.75. The summed E-state index contributed by atoms with van der Waals surface area (Å²) in [6.07, 6.45) is 4.60. The van der Waals surface area contributed by atoms with Crippen molar-refractivity contribution in [1.82, 2.24) is 9.97 Å². The molecule has 1 aliphatic heterocycles. The van der Waals surface area contributed by atoms with Gasteiger partial charge in [0.05, 0.1) is 30.3 Å². The van der Waals surface area contributed by atoms with E-state index in [0.717, 1.165) is 24.9 Å². The molecule has 1 aromatic heterocycles. The first-order valence-electron chi connectivity index (χ1n) is 9.05. The summed E-state index contributed by atoms with van der Waals surface area (Å²) in [6.45, 7) is 4.78. The Morgan fingerprint density at radius 1 is 1.54 bits per heavy atom. The zero-order chi connectivity index (χ0) is 20.1. The van der Waals surface area contributed by atoms with Crippen molar-refractivity contribution < 1.29 is 14.6 Å². The standard InChI is InChI=1S/C20H23ClN4O3/c1-3-17(27)15-11-23-20(25-8-4-5-14(25)12-26)24-19(15)22-10-13-6-7-18(28-2)16(21)9-13/h3,6-7,9,11,14,26H,1,4-5,8,10,12H2,2H3,(H,22,23,24)/t14-/m0/s1. The number of halogens is 1. The minimum Gasteiger partial charge on any atom is -0.495 e. The number of carbonyl (C=O) groups excluding carboxylic acids is 1. The van der Waals surface area contributed by atoms with Crippen molar-refractivity contribution in [3.05, 3.63) is 53.2 Å². The summed E-state index contributed by atoms with van der Waals surface area (Å²) in [7, 11) is 1.56. The molecule has 1 fully saturated rings. The predicted octanol–water partition coefficient (Wildman–Crippen LogP) is 3.08. The average Bonchev–Trinajstić information content (AvgIpc) is 3.20. The third-order valence-corrected chi connectivity index (χ3v) is 5.04. The second kappa shape index (κ2) is 9.03. The molecule has 0 bridgehead atoms. The molecule has 1 aliphatic rings. The van der Waals surface area contributed by atoms with Gasteiger partial charge >= 0.3 is 0 Å². The number of carbonyl (C=O) groups is 1. The van der Waals surface area contributed by atoms with Crippen molar-refractivity contribution in [1.29, 1.82) is 0 Å². The highest BCUT2D eigenvalue weighted by Gasteiger charge is 2.27. The predicted molar refractivity (Wildman–Crippen MR) is 109 cm³/mol. The molecule has 3 rings (SSSR count). The molecule has 2 aromatic rings. The van der Waals surface area contributed by atoms with Crippen LogP contribution in [0.5, 0.6) is 5.75 Å². The lowest BCUT2D eigenvalue weighted by Gasteiger charge is -2.23. The summed E-state index contributed by atoms with van der Waals surface area (Å²) in [5.74, 6) is 1.25. The Morgan fingerprint density at radius 2 is 2.36 bits per heavy atom. The van der Waals surface area contributed by atoms with Gasteiger partial charge in [-0.3, -0.25) is 4.79 Å². The lowest BCUT2D eigenvalue weighted by molar-refractivity contribution is 0.104. The van der Waals surface area contributed by atoms with Crippen LogP contribution in [0.2, 0.25) is 5.02 Å². The number of hydrogen-bond donors (Lipinski definition) is 2. The quantitative estimate of drug-likeness (QED) is 0.518. The average molecular weight is 403 g/mol. The summed E-state index contributed by atoms with van der Waals surface area (Å²) in [5.41, 5.74) is 1.26. The fourth-order valence-corrected chi connectivity index (χ4v) is 3.51. The number of nitrogens with zero attached hydrogens (tertiary/aromatic N) is 3. The maximum Gasteiger partial charge on any atom is 0.227 e. The number of allylic oxidation sites excluding steroid dienone is 1. The second-order valence-corrected chi connectivity index (χ2v) is 6.90. The van der Waals surface area contributed by atoms with E-state index in [1.54, 1.807) is 19.2 Å². The van der Waals surface area contributed by atoms with Crippen LogP contribution >= 0.6 is 11.6 Å². The van der Waals surface area contributed by atoms with Gasteiger partial charge in [-0.15, -0.1) is 0 Å². The Hall–Kier alpha value is -2.64. The number of ether oxygens (including phenoxy) is 1. The van der Waals surface area contributed by atoms with Crippen LogP contribution in [-0.2, 0) is 6.54 Å². The largest absolute Gasteiger partial charge is 0.495 e. The Balaban J connectivity index is 1.86. The first-order valence-corrected chi connectivity index (χ1v) is 9.42. The highest BCUT2D eigenvalue weighted by Crippen LogP contribution is 2.27. The molecule has 1 saturated heterocycles. The zero-order valence-electron chi connectivity index (χ0n) is 15.7. The molecule has 28 heavy (non-hydrogen) atoms. The molecular formula is C20H23ClN4O3. The van der Waals surface area contributed by atoms with Crippen LogP contribution in [0.3, 0.4) is 0 Å². The number of nitrogens with one attached hydrogen (secondary N) is 1.